The van der Waals surface area contributed by atoms with E-state index in [-0.39, 0.29) is 6.17 Å². The van der Waals surface area contributed by atoms with Gasteiger partial charge in [0.25, 0.3) is 0 Å². The summed E-state index contributed by atoms with van der Waals surface area (Å²) in [6, 6.07) is 10.3. The molecule has 0 spiro atoms. The summed E-state index contributed by atoms with van der Waals surface area (Å²) >= 11 is 0. The Hall–Kier alpha value is -0.860. The highest BCUT2D eigenvalue weighted by atomic mass is 15.2. The molecule has 0 bridgehead atoms. The fourth-order valence-corrected chi connectivity index (χ4v) is 1.30. The van der Waals surface area contributed by atoms with E-state index in [4.69, 9.17) is 0 Å². The minimum atomic E-state index is 0.186. The third-order valence-corrected chi connectivity index (χ3v) is 1.83. The van der Waals surface area contributed by atoms with Gasteiger partial charge in [-0.1, -0.05) is 30.3 Å². The van der Waals surface area contributed by atoms with Crippen molar-refractivity contribution in [3.63, 3.8) is 0 Å². The SMILES string of the molecule is C[N]C(c1ccccc1)N(C)C. The Morgan fingerprint density at radius 3 is 2.17 bits per heavy atom. The minimum Gasteiger partial charge on any atom is -0.289 e. The molecule has 1 aromatic carbocycles. The Morgan fingerprint density at radius 2 is 1.75 bits per heavy atom. The second-order valence-corrected chi connectivity index (χ2v) is 3.01. The molecule has 1 unspecified atom stereocenters. The highest BCUT2D eigenvalue weighted by molar-refractivity contribution is 5.17. The van der Waals surface area contributed by atoms with Crippen molar-refractivity contribution < 1.29 is 0 Å². The van der Waals surface area contributed by atoms with E-state index in [2.05, 4.69) is 22.3 Å². The fraction of sp³-hybridized carbons (Fsp3) is 0.400. The topological polar surface area (TPSA) is 17.3 Å². The molecule has 65 valence electrons. The van der Waals surface area contributed by atoms with Gasteiger partial charge in [0.05, 0.1) is 0 Å². The van der Waals surface area contributed by atoms with Gasteiger partial charge >= 0.3 is 0 Å². The zero-order valence-corrected chi connectivity index (χ0v) is 7.86. The highest BCUT2D eigenvalue weighted by Gasteiger charge is 2.10. The lowest BCUT2D eigenvalue weighted by atomic mass is 10.1. The van der Waals surface area contributed by atoms with Crippen molar-refractivity contribution in [2.24, 2.45) is 0 Å². The van der Waals surface area contributed by atoms with Crippen LogP contribution in [-0.4, -0.2) is 26.0 Å². The monoisotopic (exact) mass is 163 g/mol. The quantitative estimate of drug-likeness (QED) is 0.659. The van der Waals surface area contributed by atoms with E-state index >= 15 is 0 Å². The Labute approximate surface area is 74.2 Å². The second-order valence-electron chi connectivity index (χ2n) is 3.01. The molecule has 0 fully saturated rings. The van der Waals surface area contributed by atoms with Crippen LogP contribution in [0.5, 0.6) is 0 Å². The van der Waals surface area contributed by atoms with Gasteiger partial charge in [0, 0.05) is 7.05 Å². The molecule has 0 amide bonds. The van der Waals surface area contributed by atoms with Gasteiger partial charge in [0.1, 0.15) is 6.17 Å². The number of hydrogen-bond donors (Lipinski definition) is 0. The van der Waals surface area contributed by atoms with Crippen molar-refractivity contribution in [1.82, 2.24) is 10.2 Å². The first-order valence-electron chi connectivity index (χ1n) is 4.06. The van der Waals surface area contributed by atoms with Crippen LogP contribution in [0.25, 0.3) is 0 Å². The summed E-state index contributed by atoms with van der Waals surface area (Å²) in [4.78, 5) is 2.09. The molecule has 0 aliphatic carbocycles. The van der Waals surface area contributed by atoms with Gasteiger partial charge in [-0.3, -0.25) is 4.90 Å². The van der Waals surface area contributed by atoms with Gasteiger partial charge in [0.15, 0.2) is 0 Å². The molecular formula is C10H15N2. The summed E-state index contributed by atoms with van der Waals surface area (Å²) in [6.45, 7) is 0. The maximum atomic E-state index is 4.28. The van der Waals surface area contributed by atoms with Gasteiger partial charge in [-0.05, 0) is 19.7 Å². The van der Waals surface area contributed by atoms with Crippen molar-refractivity contribution in [3.8, 4) is 0 Å². The molecule has 0 saturated carbocycles. The largest absolute Gasteiger partial charge is 0.289 e. The zero-order chi connectivity index (χ0) is 8.97. The molecular weight excluding hydrogens is 148 g/mol. The Bertz CT molecular complexity index is 219. The smallest absolute Gasteiger partial charge is 0.101 e. The lowest BCUT2D eigenvalue weighted by Gasteiger charge is -2.22. The molecule has 0 saturated heterocycles. The van der Waals surface area contributed by atoms with Crippen LogP contribution in [0.3, 0.4) is 0 Å². The average molecular weight is 163 g/mol. The standard InChI is InChI=1S/C10H15N2/c1-11-10(12(2)3)9-7-5-4-6-8-9/h4-8,10H,1-3H3. The van der Waals surface area contributed by atoms with Gasteiger partial charge in [0.2, 0.25) is 0 Å². The van der Waals surface area contributed by atoms with Crippen LogP contribution < -0.4 is 5.32 Å². The summed E-state index contributed by atoms with van der Waals surface area (Å²) in [5.41, 5.74) is 1.24. The molecule has 0 N–H and O–H groups in total. The first-order valence-corrected chi connectivity index (χ1v) is 4.06. The molecule has 0 aromatic heterocycles. The van der Waals surface area contributed by atoms with Crippen molar-refractivity contribution in [2.75, 3.05) is 21.1 Å². The van der Waals surface area contributed by atoms with Gasteiger partial charge in [-0.25, -0.2) is 5.32 Å². The second kappa shape index (κ2) is 4.24. The van der Waals surface area contributed by atoms with Crippen LogP contribution in [-0.2, 0) is 0 Å². The zero-order valence-electron chi connectivity index (χ0n) is 7.86. The molecule has 2 nitrogen and oxygen atoms in total. The number of nitrogens with zero attached hydrogens (tertiary/aromatic N) is 2. The molecule has 0 aliphatic rings. The Balaban J connectivity index is 2.80. The maximum absolute atomic E-state index is 4.28. The summed E-state index contributed by atoms with van der Waals surface area (Å²) in [5, 5.41) is 4.28. The van der Waals surface area contributed by atoms with E-state index in [1.54, 1.807) is 0 Å². The Kier molecular flexibility index (Phi) is 3.26. The summed E-state index contributed by atoms with van der Waals surface area (Å²) in [6.07, 6.45) is 0.186. The van der Waals surface area contributed by atoms with Crippen molar-refractivity contribution >= 4 is 0 Å². The van der Waals surface area contributed by atoms with Crippen LogP contribution in [0.2, 0.25) is 0 Å². The third kappa shape index (κ3) is 2.06. The molecule has 1 atom stereocenters. The lowest BCUT2D eigenvalue weighted by molar-refractivity contribution is 0.260. The number of rotatable bonds is 3. The van der Waals surface area contributed by atoms with E-state index in [9.17, 15) is 0 Å². The van der Waals surface area contributed by atoms with Crippen LogP contribution in [0.15, 0.2) is 30.3 Å². The predicted molar refractivity (Wildman–Crippen MR) is 50.9 cm³/mol. The number of hydrogen-bond acceptors (Lipinski definition) is 1. The summed E-state index contributed by atoms with van der Waals surface area (Å²) in [5.74, 6) is 0. The predicted octanol–water partition coefficient (Wildman–Crippen LogP) is 1.48. The van der Waals surface area contributed by atoms with Crippen molar-refractivity contribution in [3.05, 3.63) is 35.9 Å². The van der Waals surface area contributed by atoms with E-state index in [1.165, 1.54) is 5.56 Å². The van der Waals surface area contributed by atoms with Crippen LogP contribution in [0, 0.1) is 0 Å². The fourth-order valence-electron chi connectivity index (χ4n) is 1.30. The minimum absolute atomic E-state index is 0.186. The first kappa shape index (κ1) is 9.23. The average Bonchev–Trinajstić information content (AvgIpc) is 2.07. The lowest BCUT2D eigenvalue weighted by Crippen LogP contribution is -2.26. The van der Waals surface area contributed by atoms with Crippen LogP contribution in [0.1, 0.15) is 11.7 Å². The van der Waals surface area contributed by atoms with E-state index in [0.717, 1.165) is 0 Å². The first-order chi connectivity index (χ1) is 5.75. The molecule has 1 aromatic rings. The van der Waals surface area contributed by atoms with Crippen LogP contribution in [0.4, 0.5) is 0 Å². The van der Waals surface area contributed by atoms with E-state index in [0.29, 0.717) is 0 Å². The van der Waals surface area contributed by atoms with Crippen molar-refractivity contribution in [2.45, 2.75) is 6.17 Å². The van der Waals surface area contributed by atoms with Crippen molar-refractivity contribution in [1.29, 1.82) is 0 Å². The summed E-state index contributed by atoms with van der Waals surface area (Å²) in [7, 11) is 5.91. The molecule has 1 rings (SSSR count). The molecule has 2 heteroatoms. The van der Waals surface area contributed by atoms with Gasteiger partial charge in [-0.15, -0.1) is 0 Å². The Morgan fingerprint density at radius 1 is 1.17 bits per heavy atom. The third-order valence-electron chi connectivity index (χ3n) is 1.83. The molecule has 0 aliphatic heterocycles. The van der Waals surface area contributed by atoms with Gasteiger partial charge < -0.3 is 0 Å². The maximum Gasteiger partial charge on any atom is 0.101 e. The summed E-state index contributed by atoms with van der Waals surface area (Å²) < 4.78 is 0. The number of benzene rings is 1. The molecule has 12 heavy (non-hydrogen) atoms. The molecule has 1 radical (unpaired) electrons. The molecule has 0 heterocycles. The van der Waals surface area contributed by atoms with E-state index < -0.39 is 0 Å². The highest BCUT2D eigenvalue weighted by Crippen LogP contribution is 2.14. The van der Waals surface area contributed by atoms with Crippen LogP contribution >= 0.6 is 0 Å². The van der Waals surface area contributed by atoms with E-state index in [1.807, 2.05) is 39.3 Å². The normalized spacial score (nSPS) is 13.3. The van der Waals surface area contributed by atoms with Gasteiger partial charge in [-0.2, -0.15) is 0 Å².